The van der Waals surface area contributed by atoms with Crippen molar-refractivity contribution >= 4 is 82.5 Å². The number of morpholine rings is 1. The minimum atomic E-state index is -4.77. The Labute approximate surface area is 602 Å². The van der Waals surface area contributed by atoms with Gasteiger partial charge < -0.3 is 69.5 Å². The van der Waals surface area contributed by atoms with Gasteiger partial charge in [0, 0.05) is 62.0 Å². The molecule has 5 aliphatic heterocycles. The number of alkyl halides is 3. The Morgan fingerprint density at radius 2 is 1.34 bits per heavy atom. The molecule has 0 radical (unpaired) electrons. The summed E-state index contributed by atoms with van der Waals surface area (Å²) in [6.07, 6.45) is 1.09. The van der Waals surface area contributed by atoms with Gasteiger partial charge in [-0.15, -0.1) is 0 Å². The van der Waals surface area contributed by atoms with E-state index < -0.39 is 172 Å². The fourth-order valence-corrected chi connectivity index (χ4v) is 16.2. The van der Waals surface area contributed by atoms with Crippen LogP contribution in [0.1, 0.15) is 168 Å². The summed E-state index contributed by atoms with van der Waals surface area (Å²) in [5.74, 6) is -9.09. The van der Waals surface area contributed by atoms with Crippen LogP contribution in [0, 0.1) is 17.8 Å². The molecule has 2 saturated carbocycles. The van der Waals surface area contributed by atoms with Gasteiger partial charge >= 0.3 is 6.18 Å². The third-order valence-electron chi connectivity index (χ3n) is 22.6. The maximum atomic E-state index is 15.9. The number of hydrogen-bond acceptors (Lipinski definition) is 14. The molecule has 1 aromatic carbocycles. The SMILES string of the molecule is CCCOC[C@H]1C(=O)N(C)CC(=O)N[C@@H](CCc2ccc(C(F)(F)F)c(Cl)c2)C(=O)N2CCC[C@H]2C(=O)NC2(CCCC2)C(=O)N(C)[C@@H](C2CCCC2)C(=O)N(C)[C@H](C(=O)N2C3CCC2COC3)CC(=O)N(C)[C@@H](CC(C)C)C(=O)N[C@@H]([C@@H](C)CC)C(=O)N(C)[C@@H](C)C(=O)N2CC[C@H]2C(=O)N1C. The maximum absolute atomic E-state index is 15.9. The van der Waals surface area contributed by atoms with Gasteiger partial charge in [-0.05, 0) is 126 Å². The molecule has 102 heavy (non-hydrogen) atoms. The quantitative estimate of drug-likeness (QED) is 0.231. The van der Waals surface area contributed by atoms with Crippen LogP contribution >= 0.6 is 11.6 Å². The molecule has 26 nitrogen and oxygen atoms in total. The number of rotatable bonds is 13. The van der Waals surface area contributed by atoms with Crippen LogP contribution in [0.3, 0.4) is 0 Å². The number of nitrogens with one attached hydrogen (secondary N) is 3. The Morgan fingerprint density at radius 3 is 1.93 bits per heavy atom. The van der Waals surface area contributed by atoms with Crippen LogP contribution in [0.25, 0.3) is 0 Å². The molecule has 1 aromatic rings. The molecule has 1 spiro atoms. The van der Waals surface area contributed by atoms with E-state index in [0.29, 0.717) is 57.8 Å². The number of amides is 12. The first-order valence-electron chi connectivity index (χ1n) is 36.6. The third-order valence-corrected chi connectivity index (χ3v) is 22.9. The van der Waals surface area contributed by atoms with Crippen LogP contribution in [-0.4, -0.2) is 275 Å². The first-order chi connectivity index (χ1) is 48.2. The molecular weight excluding hydrogens is 1350 g/mol. The van der Waals surface area contributed by atoms with Crippen molar-refractivity contribution in [2.24, 2.45) is 17.8 Å². The van der Waals surface area contributed by atoms with Crippen molar-refractivity contribution in [1.82, 2.24) is 60.0 Å². The molecule has 7 aliphatic rings. The van der Waals surface area contributed by atoms with Gasteiger partial charge in [0.1, 0.15) is 59.9 Å². The van der Waals surface area contributed by atoms with Gasteiger partial charge in [-0.1, -0.05) is 84.4 Å². The Kier molecular flexibility index (Phi) is 27.4. The second-order valence-corrected chi connectivity index (χ2v) is 30.3. The number of carbonyl (C=O) groups excluding carboxylic acids is 12. The zero-order valence-electron chi connectivity index (χ0n) is 61.5. The second-order valence-electron chi connectivity index (χ2n) is 29.9. The fraction of sp³-hybridized carbons (Fsp3) is 0.750. The molecule has 5 saturated heterocycles. The summed E-state index contributed by atoms with van der Waals surface area (Å²) >= 11 is 6.15. The fourth-order valence-electron chi connectivity index (χ4n) is 15.9. The number of aryl methyl sites for hydroxylation is 1. The maximum Gasteiger partial charge on any atom is 0.417 e. The van der Waals surface area contributed by atoms with Crippen molar-refractivity contribution in [3.63, 3.8) is 0 Å². The highest BCUT2D eigenvalue weighted by molar-refractivity contribution is 6.31. The molecule has 7 fully saturated rings. The second kappa shape index (κ2) is 34.6. The molecule has 568 valence electrons. The molecule has 12 amide bonds. The van der Waals surface area contributed by atoms with Gasteiger partial charge in [0.25, 0.3) is 0 Å². The Bertz CT molecular complexity index is 3240. The third kappa shape index (κ3) is 18.0. The number of fused-ring (bicyclic) bond motifs is 4. The highest BCUT2D eigenvalue weighted by Gasteiger charge is 2.53. The highest BCUT2D eigenvalue weighted by Crippen LogP contribution is 2.39. The van der Waals surface area contributed by atoms with E-state index in [2.05, 4.69) is 16.0 Å². The van der Waals surface area contributed by atoms with E-state index in [1.54, 1.807) is 11.8 Å². The lowest BCUT2D eigenvalue weighted by molar-refractivity contribution is -0.161. The van der Waals surface area contributed by atoms with Crippen LogP contribution in [-0.2, 0) is 79.6 Å². The molecule has 3 N–H and O–H groups in total. The predicted octanol–water partition coefficient (Wildman–Crippen LogP) is 4.40. The zero-order chi connectivity index (χ0) is 75.0. The van der Waals surface area contributed by atoms with E-state index >= 15 is 33.6 Å². The van der Waals surface area contributed by atoms with Gasteiger partial charge in [-0.25, -0.2) is 0 Å². The lowest BCUT2D eigenvalue weighted by Gasteiger charge is -2.45. The number of hydrogen-bond donors (Lipinski definition) is 3. The van der Waals surface area contributed by atoms with Gasteiger partial charge in [0.15, 0.2) is 0 Å². The summed E-state index contributed by atoms with van der Waals surface area (Å²) in [7, 11) is 8.49. The van der Waals surface area contributed by atoms with Crippen molar-refractivity contribution in [3.8, 4) is 0 Å². The zero-order valence-corrected chi connectivity index (χ0v) is 62.2. The van der Waals surface area contributed by atoms with E-state index in [1.165, 1.54) is 84.7 Å². The summed E-state index contributed by atoms with van der Waals surface area (Å²) in [4.78, 5) is 193. The smallest absolute Gasteiger partial charge is 0.379 e. The molecule has 0 aromatic heterocycles. The number of halogens is 4. The Balaban J connectivity index is 1.18. The summed E-state index contributed by atoms with van der Waals surface area (Å²) in [6.45, 7) is 10.4. The van der Waals surface area contributed by atoms with Gasteiger partial charge in [0.2, 0.25) is 70.9 Å². The van der Waals surface area contributed by atoms with Crippen LogP contribution in [0.5, 0.6) is 0 Å². The van der Waals surface area contributed by atoms with Crippen molar-refractivity contribution in [2.45, 2.75) is 242 Å². The monoisotopic (exact) mass is 1460 g/mol. The summed E-state index contributed by atoms with van der Waals surface area (Å²) < 4.78 is 53.4. The largest absolute Gasteiger partial charge is 0.417 e. The molecule has 2 unspecified atom stereocenters. The number of carbonyl (C=O) groups is 12. The van der Waals surface area contributed by atoms with Crippen molar-refractivity contribution in [3.05, 3.63) is 34.3 Å². The predicted molar refractivity (Wildman–Crippen MR) is 370 cm³/mol. The van der Waals surface area contributed by atoms with Gasteiger partial charge in [-0.3, -0.25) is 57.5 Å². The van der Waals surface area contributed by atoms with Crippen LogP contribution in [0.15, 0.2) is 18.2 Å². The molecule has 8 rings (SSSR count). The number of nitrogens with zero attached hydrogens (tertiary/aromatic N) is 9. The summed E-state index contributed by atoms with van der Waals surface area (Å²) in [5, 5.41) is 8.14. The first-order valence-corrected chi connectivity index (χ1v) is 37.0. The van der Waals surface area contributed by atoms with E-state index in [-0.39, 0.29) is 108 Å². The normalized spacial score (nSPS) is 29.2. The van der Waals surface area contributed by atoms with Crippen LogP contribution in [0.2, 0.25) is 5.02 Å². The summed E-state index contributed by atoms with van der Waals surface area (Å²) in [6, 6.07) is -8.97. The Hall–Kier alpha value is -7.14. The van der Waals surface area contributed by atoms with E-state index in [4.69, 9.17) is 21.1 Å². The molecule has 5 heterocycles. The first kappa shape index (κ1) is 80.5. The molecule has 30 heteroatoms. The number of benzene rings is 1. The van der Waals surface area contributed by atoms with Crippen LogP contribution < -0.4 is 16.0 Å². The van der Waals surface area contributed by atoms with E-state index in [0.717, 1.165) is 34.8 Å². The number of ether oxygens (including phenoxy) is 2. The van der Waals surface area contributed by atoms with E-state index in [1.807, 2.05) is 27.7 Å². The highest BCUT2D eigenvalue weighted by atomic mass is 35.5. The van der Waals surface area contributed by atoms with Gasteiger partial charge in [0.05, 0.1) is 55.5 Å². The lowest BCUT2D eigenvalue weighted by Crippen LogP contribution is -2.65. The number of likely N-dealkylation sites (N-methyl/N-ethyl adjacent to an activating group) is 6. The Morgan fingerprint density at radius 1 is 0.696 bits per heavy atom. The van der Waals surface area contributed by atoms with Crippen molar-refractivity contribution < 1.29 is 80.2 Å². The minimum absolute atomic E-state index is 0.0190. The molecular formula is C72H108ClF3N12O14. The van der Waals surface area contributed by atoms with Crippen LogP contribution in [0.4, 0.5) is 13.2 Å². The standard InChI is InChI=1S/C72H108ClF3N12O14/c1-13-34-101-41-56-65(95)80(7)38-57(89)77-51(28-24-45-23-27-49(50(73)36-45)72(74,75)76)64(94)86-32-19-22-52(86)62(92)79-71(30-17-18-31-71)70(100)85(12)60(46-20-15-16-21-46)69(99)83(10)55(67(97)88-47-25-26-48(88)40-102-39-47)37-58(90)82(9)54(35-42(3)4)61(91)78-59(43(5)14-2)68(98)81(8)44(6)63(93)87-33-29-53(87)66(96)84(56)11/h23,27,36,42-44,46-48,51-56,59-60H,13-22,24-26,28-35,37-41H2,1-12H3,(H,77,89)(H,78,91)(H,79,92)/t43-,44-,47?,48?,51-,52-,53-,54-,55-,56-,59-,60-/m0/s1. The topological polar surface area (TPSA) is 289 Å². The van der Waals surface area contributed by atoms with Crippen molar-refractivity contribution in [2.75, 3.05) is 88.3 Å². The summed E-state index contributed by atoms with van der Waals surface area (Å²) in [5.41, 5.74) is -2.39. The molecule has 12 atom stereocenters. The average molecular weight is 1460 g/mol. The average Bonchev–Trinajstić information content (AvgIpc) is 1.36. The molecule has 2 aliphatic carbocycles. The van der Waals surface area contributed by atoms with E-state index in [9.17, 15) is 37.1 Å². The van der Waals surface area contributed by atoms with Gasteiger partial charge in [-0.2, -0.15) is 13.2 Å². The minimum Gasteiger partial charge on any atom is -0.379 e. The lowest BCUT2D eigenvalue weighted by atomic mass is 9.90. The van der Waals surface area contributed by atoms with Crippen molar-refractivity contribution in [1.29, 1.82) is 0 Å². The molecule has 2 bridgehead atoms.